The smallest absolute Gasteiger partial charge is 0.445 e. The van der Waals surface area contributed by atoms with Crippen molar-refractivity contribution in [1.82, 2.24) is 10.2 Å². The van der Waals surface area contributed by atoms with Crippen LogP contribution in [0.25, 0.3) is 0 Å². The topological polar surface area (TPSA) is 72.3 Å². The number of carbonyl (C=O) groups is 1. The third-order valence-electron chi connectivity index (χ3n) is 1.64. The second kappa shape index (κ2) is 7.98. The maximum absolute atomic E-state index is 11.5. The maximum atomic E-state index is 11.5. The van der Waals surface area contributed by atoms with Gasteiger partial charge in [0, 0.05) is 0 Å². The van der Waals surface area contributed by atoms with Gasteiger partial charge in [0.2, 0.25) is 5.01 Å². The minimum atomic E-state index is -4.33. The Hall–Kier alpha value is -1.22. The molecular weight excluding hydrogens is 273 g/mol. The van der Waals surface area contributed by atoms with Crippen LogP contribution in [0.2, 0.25) is 0 Å². The van der Waals surface area contributed by atoms with E-state index >= 15 is 0 Å². The monoisotopic (exact) mass is 286 g/mol. The van der Waals surface area contributed by atoms with Crippen molar-refractivity contribution in [3.63, 3.8) is 0 Å². The van der Waals surface area contributed by atoms with Crippen molar-refractivity contribution < 1.29 is 27.8 Å². The van der Waals surface area contributed by atoms with Gasteiger partial charge in [-0.1, -0.05) is 18.3 Å². The van der Waals surface area contributed by atoms with Crippen molar-refractivity contribution in [1.29, 1.82) is 0 Å². The van der Waals surface area contributed by atoms with E-state index in [4.69, 9.17) is 5.11 Å². The van der Waals surface area contributed by atoms with Crippen molar-refractivity contribution in [3.8, 4) is 0 Å². The molecule has 1 N–H and O–H groups in total. The van der Waals surface area contributed by atoms with E-state index in [2.05, 4.69) is 14.9 Å². The van der Waals surface area contributed by atoms with Gasteiger partial charge in [-0.3, -0.25) is 0 Å². The highest BCUT2D eigenvalue weighted by Crippen LogP contribution is 2.29. The van der Waals surface area contributed by atoms with Crippen LogP contribution in [0, 0.1) is 0 Å². The van der Waals surface area contributed by atoms with Gasteiger partial charge >= 0.3 is 12.1 Å². The number of rotatable bonds is 3. The minimum Gasteiger partial charge on any atom is -0.461 e. The zero-order valence-electron chi connectivity index (χ0n) is 9.77. The van der Waals surface area contributed by atoms with Gasteiger partial charge in [-0.25, -0.2) is 4.79 Å². The van der Waals surface area contributed by atoms with E-state index in [1.54, 1.807) is 6.92 Å². The van der Waals surface area contributed by atoms with Gasteiger partial charge in [0.25, 0.3) is 0 Å². The zero-order chi connectivity index (χ0) is 14.2. The largest absolute Gasteiger partial charge is 0.461 e. The van der Waals surface area contributed by atoms with Gasteiger partial charge < -0.3 is 9.84 Å². The lowest BCUT2D eigenvalue weighted by molar-refractivity contribution is -0.151. The Morgan fingerprint density at radius 3 is 2.50 bits per heavy atom. The number of nitrogens with zero attached hydrogens (tertiary/aromatic N) is 2. The first-order valence-corrected chi connectivity index (χ1v) is 5.82. The predicted molar refractivity (Wildman–Crippen MR) is 57.8 cm³/mol. The molecule has 0 radical (unpaired) electrons. The Morgan fingerprint density at radius 1 is 1.61 bits per heavy atom. The molecule has 5 nitrogen and oxygen atoms in total. The molecule has 0 fully saturated rings. The number of hydrogen-bond donors (Lipinski definition) is 1. The molecule has 0 aromatic carbocycles. The number of aliphatic hydroxyl groups excluding tert-OH is 1. The summed E-state index contributed by atoms with van der Waals surface area (Å²) in [6.45, 7) is 3.17. The molecule has 18 heavy (non-hydrogen) atoms. The van der Waals surface area contributed by atoms with E-state index in [-0.39, 0.29) is 6.10 Å². The Labute approximate surface area is 106 Å². The van der Waals surface area contributed by atoms with Gasteiger partial charge in [-0.15, -0.1) is 10.2 Å². The summed E-state index contributed by atoms with van der Waals surface area (Å²) in [7, 11) is 0. The summed E-state index contributed by atoms with van der Waals surface area (Å²) in [5, 5.41) is 13.2. The average molecular weight is 286 g/mol. The summed E-state index contributed by atoms with van der Waals surface area (Å²) < 4.78 is 39.2. The number of halogens is 3. The van der Waals surface area contributed by atoms with Crippen molar-refractivity contribution in [2.45, 2.75) is 32.5 Å². The SMILES string of the molecule is CCC(C)OC(=O)CO.FC(F)(F)c1nncs1. The molecule has 1 heterocycles. The number of ether oxygens (including phenoxy) is 1. The van der Waals surface area contributed by atoms with Gasteiger partial charge in [-0.05, 0) is 13.3 Å². The molecule has 104 valence electrons. The van der Waals surface area contributed by atoms with Crippen LogP contribution in [0.3, 0.4) is 0 Å². The van der Waals surface area contributed by atoms with Gasteiger partial charge in [0.05, 0.1) is 6.10 Å². The third kappa shape index (κ3) is 7.17. The molecule has 1 rings (SSSR count). The van der Waals surface area contributed by atoms with Crippen LogP contribution >= 0.6 is 11.3 Å². The Morgan fingerprint density at radius 2 is 2.22 bits per heavy atom. The van der Waals surface area contributed by atoms with Crippen molar-refractivity contribution in [3.05, 3.63) is 10.5 Å². The molecule has 0 aliphatic rings. The first-order valence-electron chi connectivity index (χ1n) is 4.95. The van der Waals surface area contributed by atoms with E-state index < -0.39 is 23.8 Å². The highest BCUT2D eigenvalue weighted by molar-refractivity contribution is 7.09. The molecule has 0 spiro atoms. The molecule has 9 heteroatoms. The molecule has 0 aliphatic heterocycles. The number of aliphatic hydroxyl groups is 1. The van der Waals surface area contributed by atoms with Crippen LogP contribution < -0.4 is 0 Å². The number of hydrogen-bond acceptors (Lipinski definition) is 6. The lowest BCUT2D eigenvalue weighted by atomic mass is 10.3. The number of carbonyl (C=O) groups excluding carboxylic acids is 1. The van der Waals surface area contributed by atoms with E-state index in [0.717, 1.165) is 11.9 Å². The zero-order valence-corrected chi connectivity index (χ0v) is 10.6. The van der Waals surface area contributed by atoms with Gasteiger partial charge in [-0.2, -0.15) is 13.2 Å². The van der Waals surface area contributed by atoms with Crippen LogP contribution in [0.5, 0.6) is 0 Å². The standard InChI is InChI=1S/C6H12O3.C3HF3N2S/c1-3-5(2)9-6(8)4-7;4-3(5,6)2-8-7-1-9-2/h5,7H,3-4H2,1-2H3;1H. The molecule has 0 bridgehead atoms. The fourth-order valence-corrected chi connectivity index (χ4v) is 1.06. The molecule has 1 atom stereocenters. The first-order chi connectivity index (χ1) is 8.31. The third-order valence-corrected chi connectivity index (χ3v) is 2.38. The number of esters is 1. The molecule has 1 unspecified atom stereocenters. The van der Waals surface area contributed by atoms with Gasteiger partial charge in [0.15, 0.2) is 0 Å². The van der Waals surface area contributed by atoms with E-state index in [9.17, 15) is 18.0 Å². The average Bonchev–Trinajstić information content (AvgIpc) is 2.82. The number of alkyl halides is 3. The Kier molecular flexibility index (Phi) is 7.44. The van der Waals surface area contributed by atoms with E-state index in [1.807, 2.05) is 6.92 Å². The minimum absolute atomic E-state index is 0.0790. The molecule has 0 saturated heterocycles. The second-order valence-corrected chi connectivity index (χ2v) is 3.94. The van der Waals surface area contributed by atoms with Crippen LogP contribution in [0.1, 0.15) is 25.3 Å². The van der Waals surface area contributed by atoms with Crippen LogP contribution in [-0.4, -0.2) is 34.0 Å². The summed E-state index contributed by atoms with van der Waals surface area (Å²) in [5.41, 5.74) is 1.04. The van der Waals surface area contributed by atoms with Crippen LogP contribution in [0.4, 0.5) is 13.2 Å². The highest BCUT2D eigenvalue weighted by atomic mass is 32.1. The summed E-state index contributed by atoms with van der Waals surface area (Å²) in [6, 6.07) is 0. The molecule has 1 aromatic heterocycles. The summed E-state index contributed by atoms with van der Waals surface area (Å²) >= 11 is 0.483. The van der Waals surface area contributed by atoms with Crippen molar-refractivity contribution >= 4 is 17.3 Å². The van der Waals surface area contributed by atoms with Crippen LogP contribution in [-0.2, 0) is 15.7 Å². The molecule has 0 aliphatic carbocycles. The quantitative estimate of drug-likeness (QED) is 0.859. The highest BCUT2D eigenvalue weighted by Gasteiger charge is 2.34. The fourth-order valence-electron chi connectivity index (χ4n) is 0.642. The second-order valence-electron chi connectivity index (χ2n) is 3.11. The lowest BCUT2D eigenvalue weighted by Gasteiger charge is -2.07. The lowest BCUT2D eigenvalue weighted by Crippen LogP contribution is -2.16. The first kappa shape index (κ1) is 16.8. The molecule has 0 amide bonds. The van der Waals surface area contributed by atoms with E-state index in [0.29, 0.717) is 11.3 Å². The molecule has 0 saturated carbocycles. The summed E-state index contributed by atoms with van der Waals surface area (Å²) in [4.78, 5) is 10.3. The summed E-state index contributed by atoms with van der Waals surface area (Å²) in [6.07, 6.45) is -3.63. The Bertz CT molecular complexity index is 343. The predicted octanol–water partition coefficient (Wildman–Crippen LogP) is 1.88. The van der Waals surface area contributed by atoms with Gasteiger partial charge in [0.1, 0.15) is 12.1 Å². The van der Waals surface area contributed by atoms with Crippen molar-refractivity contribution in [2.24, 2.45) is 0 Å². The molecule has 1 aromatic rings. The fraction of sp³-hybridized carbons (Fsp3) is 0.667. The Balaban J connectivity index is 0.000000321. The van der Waals surface area contributed by atoms with Crippen LogP contribution in [0.15, 0.2) is 5.51 Å². The summed E-state index contributed by atoms with van der Waals surface area (Å²) in [5.74, 6) is -0.552. The maximum Gasteiger partial charge on any atom is 0.445 e. The number of aromatic nitrogens is 2. The van der Waals surface area contributed by atoms with E-state index in [1.165, 1.54) is 0 Å². The normalized spacial score (nSPS) is 12.3. The molecular formula is C9H13F3N2O3S. The van der Waals surface area contributed by atoms with Crippen molar-refractivity contribution in [2.75, 3.05) is 6.61 Å².